The van der Waals surface area contributed by atoms with E-state index in [1.165, 1.54) is 12.1 Å². The number of nitrogen functional groups attached to an aromatic ring is 2. The van der Waals surface area contributed by atoms with Gasteiger partial charge in [0.2, 0.25) is 0 Å². The van der Waals surface area contributed by atoms with Crippen LogP contribution in [0, 0.1) is 0 Å². The Morgan fingerprint density at radius 3 is 1.50 bits per heavy atom. The first kappa shape index (κ1) is 14.4. The maximum Gasteiger partial charge on any atom is 0.138 e. The van der Waals surface area contributed by atoms with E-state index in [1.807, 2.05) is 0 Å². The summed E-state index contributed by atoms with van der Waals surface area (Å²) in [5.41, 5.74) is 13.5. The van der Waals surface area contributed by atoms with Gasteiger partial charge in [-0.2, -0.15) is 0 Å². The summed E-state index contributed by atoms with van der Waals surface area (Å²) in [4.78, 5) is 0. The highest BCUT2D eigenvalue weighted by molar-refractivity contribution is 6.59. The number of hydrogen-bond donors (Lipinski definition) is 4. The molecule has 2 aromatic rings. The zero-order valence-corrected chi connectivity index (χ0v) is 11.8. The Balaban J connectivity index is 2.60. The third-order valence-corrected chi connectivity index (χ3v) is 3.20. The molecule has 2 aromatic carbocycles. The molecule has 0 unspecified atom stereocenters. The summed E-state index contributed by atoms with van der Waals surface area (Å²) in [5.74, 6) is -0.0481. The molecule has 2 rings (SSSR count). The minimum atomic E-state index is -0.0241. The van der Waals surface area contributed by atoms with Crippen LogP contribution < -0.4 is 11.5 Å². The molecule has 0 aliphatic carbocycles. The van der Waals surface area contributed by atoms with Gasteiger partial charge in [-0.25, -0.2) is 0 Å². The Kier molecular flexibility index (Phi) is 3.97. The number of hydrogen-bond acceptors (Lipinski definition) is 4. The molecule has 0 aromatic heterocycles. The van der Waals surface area contributed by atoms with Crippen molar-refractivity contribution in [2.75, 3.05) is 11.5 Å². The number of aromatic hydroxyl groups is 2. The van der Waals surface area contributed by atoms with E-state index >= 15 is 0 Å². The Labute approximate surface area is 125 Å². The fourth-order valence-corrected chi connectivity index (χ4v) is 2.24. The van der Waals surface area contributed by atoms with E-state index in [-0.39, 0.29) is 27.4 Å². The van der Waals surface area contributed by atoms with Gasteiger partial charge in [0.1, 0.15) is 16.0 Å². The van der Waals surface area contributed by atoms with Crippen LogP contribution in [0.5, 0.6) is 11.5 Å². The van der Waals surface area contributed by atoms with Crippen molar-refractivity contribution >= 4 is 40.1 Å². The molecule has 6 N–H and O–H groups in total. The van der Waals surface area contributed by atoms with Crippen LogP contribution >= 0.6 is 23.2 Å². The van der Waals surface area contributed by atoms with Crippen LogP contribution in [-0.2, 0) is 0 Å². The highest BCUT2D eigenvalue weighted by Crippen LogP contribution is 2.36. The molecule has 0 atom stereocenters. The van der Waals surface area contributed by atoms with Crippen molar-refractivity contribution < 1.29 is 10.2 Å². The SMILES string of the molecule is Nc1cc(C(=C(Cl)Cl)c2ccc(O)c(N)c2)ccc1O. The average Bonchev–Trinajstić information content (AvgIpc) is 2.38. The van der Waals surface area contributed by atoms with E-state index in [1.54, 1.807) is 24.3 Å². The van der Waals surface area contributed by atoms with Crippen LogP contribution in [-0.4, -0.2) is 10.2 Å². The highest BCUT2D eigenvalue weighted by Gasteiger charge is 2.12. The van der Waals surface area contributed by atoms with Gasteiger partial charge in [-0.05, 0) is 35.4 Å². The molecular formula is C14H12Cl2N2O2. The number of phenolic OH excluding ortho intramolecular Hbond substituents is 2. The molecule has 0 aliphatic rings. The van der Waals surface area contributed by atoms with Crippen LogP contribution in [0.15, 0.2) is 40.9 Å². The van der Waals surface area contributed by atoms with Gasteiger partial charge < -0.3 is 21.7 Å². The monoisotopic (exact) mass is 310 g/mol. The third-order valence-electron chi connectivity index (χ3n) is 2.82. The molecule has 0 fully saturated rings. The zero-order chi connectivity index (χ0) is 14.9. The van der Waals surface area contributed by atoms with Gasteiger partial charge in [0, 0.05) is 5.57 Å². The van der Waals surface area contributed by atoms with E-state index in [0.717, 1.165) is 0 Å². The fraction of sp³-hybridized carbons (Fsp3) is 0. The molecule has 0 aliphatic heterocycles. The smallest absolute Gasteiger partial charge is 0.138 e. The molecule has 20 heavy (non-hydrogen) atoms. The van der Waals surface area contributed by atoms with Gasteiger partial charge >= 0.3 is 0 Å². The Morgan fingerprint density at radius 1 is 0.800 bits per heavy atom. The van der Waals surface area contributed by atoms with Crippen LogP contribution in [0.4, 0.5) is 11.4 Å². The maximum atomic E-state index is 9.46. The highest BCUT2D eigenvalue weighted by atomic mass is 35.5. The largest absolute Gasteiger partial charge is 0.506 e. The number of rotatable bonds is 2. The minimum absolute atomic E-state index is 0.0241. The second-order valence-electron chi connectivity index (χ2n) is 4.18. The maximum absolute atomic E-state index is 9.46. The van der Waals surface area contributed by atoms with E-state index in [0.29, 0.717) is 16.7 Å². The number of anilines is 2. The molecule has 0 heterocycles. The first-order valence-electron chi connectivity index (χ1n) is 5.63. The van der Waals surface area contributed by atoms with Gasteiger partial charge in [0.25, 0.3) is 0 Å². The van der Waals surface area contributed by atoms with Crippen molar-refractivity contribution in [3.8, 4) is 11.5 Å². The molecule has 0 spiro atoms. The topological polar surface area (TPSA) is 92.5 Å². The quantitative estimate of drug-likeness (QED) is 0.505. The van der Waals surface area contributed by atoms with Crippen molar-refractivity contribution in [1.82, 2.24) is 0 Å². The third kappa shape index (κ3) is 2.76. The molecule has 104 valence electrons. The lowest BCUT2D eigenvalue weighted by Crippen LogP contribution is -1.94. The molecular weight excluding hydrogens is 299 g/mol. The minimum Gasteiger partial charge on any atom is -0.506 e. The predicted molar refractivity (Wildman–Crippen MR) is 82.8 cm³/mol. The molecule has 6 heteroatoms. The summed E-state index contributed by atoms with van der Waals surface area (Å²) < 4.78 is 0.0279. The molecule has 0 saturated carbocycles. The molecule has 0 bridgehead atoms. The summed E-state index contributed by atoms with van der Waals surface area (Å²) in [6.07, 6.45) is 0. The van der Waals surface area contributed by atoms with Gasteiger partial charge in [-0.15, -0.1) is 0 Å². The summed E-state index contributed by atoms with van der Waals surface area (Å²) in [6, 6.07) is 9.27. The number of phenols is 2. The Hall–Kier alpha value is -2.04. The van der Waals surface area contributed by atoms with Gasteiger partial charge in [0.05, 0.1) is 11.4 Å². The van der Waals surface area contributed by atoms with Gasteiger partial charge in [0.15, 0.2) is 0 Å². The van der Waals surface area contributed by atoms with Gasteiger partial charge in [-0.1, -0.05) is 35.3 Å². The average molecular weight is 311 g/mol. The van der Waals surface area contributed by atoms with Crippen molar-refractivity contribution in [1.29, 1.82) is 0 Å². The lowest BCUT2D eigenvalue weighted by Gasteiger charge is -2.11. The predicted octanol–water partition coefficient (Wildman–Crippen LogP) is 3.46. The van der Waals surface area contributed by atoms with Crippen LogP contribution in [0.2, 0.25) is 0 Å². The summed E-state index contributed by atoms with van der Waals surface area (Å²) >= 11 is 11.9. The number of halogens is 2. The molecule has 0 radical (unpaired) electrons. The zero-order valence-electron chi connectivity index (χ0n) is 10.3. The fourth-order valence-electron chi connectivity index (χ4n) is 1.80. The van der Waals surface area contributed by atoms with E-state index in [2.05, 4.69) is 0 Å². The van der Waals surface area contributed by atoms with E-state index in [4.69, 9.17) is 34.7 Å². The Morgan fingerprint density at radius 2 is 1.20 bits per heavy atom. The number of benzene rings is 2. The second-order valence-corrected chi connectivity index (χ2v) is 5.13. The summed E-state index contributed by atoms with van der Waals surface area (Å²) in [7, 11) is 0. The van der Waals surface area contributed by atoms with Crippen LogP contribution in [0.25, 0.3) is 5.57 Å². The van der Waals surface area contributed by atoms with Crippen molar-refractivity contribution in [2.45, 2.75) is 0 Å². The van der Waals surface area contributed by atoms with Crippen LogP contribution in [0.3, 0.4) is 0 Å². The second kappa shape index (κ2) is 5.53. The van der Waals surface area contributed by atoms with Crippen molar-refractivity contribution in [2.24, 2.45) is 0 Å². The van der Waals surface area contributed by atoms with E-state index < -0.39 is 0 Å². The van der Waals surface area contributed by atoms with Gasteiger partial charge in [-0.3, -0.25) is 0 Å². The summed E-state index contributed by atoms with van der Waals surface area (Å²) in [5, 5.41) is 18.9. The molecule has 0 saturated heterocycles. The first-order chi connectivity index (χ1) is 9.40. The van der Waals surface area contributed by atoms with Crippen LogP contribution in [0.1, 0.15) is 11.1 Å². The van der Waals surface area contributed by atoms with E-state index in [9.17, 15) is 10.2 Å². The first-order valence-corrected chi connectivity index (χ1v) is 6.38. The molecule has 0 amide bonds. The normalized spacial score (nSPS) is 10.3. The van der Waals surface area contributed by atoms with Crippen molar-refractivity contribution in [3.05, 3.63) is 52.0 Å². The number of nitrogens with two attached hydrogens (primary N) is 2. The molecule has 4 nitrogen and oxygen atoms in total. The van der Waals surface area contributed by atoms with Crippen molar-refractivity contribution in [3.63, 3.8) is 0 Å². The Bertz CT molecular complexity index is 642. The lowest BCUT2D eigenvalue weighted by atomic mass is 9.98. The lowest BCUT2D eigenvalue weighted by molar-refractivity contribution is 0.477. The standard InChI is InChI=1S/C14H12Cl2N2O2/c15-14(16)13(7-1-3-11(19)9(17)5-7)8-2-4-12(20)10(18)6-8/h1-6,19-20H,17-18H2. The summed E-state index contributed by atoms with van der Waals surface area (Å²) in [6.45, 7) is 0.